The first-order valence-corrected chi connectivity index (χ1v) is 6.53. The number of carbonyl (C=O) groups excluding carboxylic acids is 2. The lowest BCUT2D eigenvalue weighted by atomic mass is 10.0. The van der Waals surface area contributed by atoms with Crippen molar-refractivity contribution in [1.29, 1.82) is 0 Å². The van der Waals surface area contributed by atoms with E-state index >= 15 is 0 Å². The van der Waals surface area contributed by atoms with Crippen molar-refractivity contribution in [1.82, 2.24) is 5.32 Å². The Labute approximate surface area is 123 Å². The number of rotatable bonds is 5. The average Bonchev–Trinajstić information content (AvgIpc) is 2.35. The molecule has 0 saturated carbocycles. The maximum absolute atomic E-state index is 14.0. The minimum absolute atomic E-state index is 0.0531. The highest BCUT2D eigenvalue weighted by Crippen LogP contribution is 2.24. The van der Waals surface area contributed by atoms with Crippen molar-refractivity contribution in [2.45, 2.75) is 38.8 Å². The quantitative estimate of drug-likeness (QED) is 0.849. The third kappa shape index (κ3) is 5.41. The maximum atomic E-state index is 14.0. The first-order chi connectivity index (χ1) is 9.76. The Balaban J connectivity index is 2.91. The monoisotopic (exact) mass is 297 g/mol. The molecule has 0 unspecified atom stereocenters. The summed E-state index contributed by atoms with van der Waals surface area (Å²) in [5, 5.41) is 2.50. The first kappa shape index (κ1) is 16.9. The topological polar surface area (TPSA) is 64.6 Å². The van der Waals surface area contributed by atoms with E-state index in [1.54, 1.807) is 26.8 Å². The summed E-state index contributed by atoms with van der Waals surface area (Å²) in [4.78, 5) is 22.5. The van der Waals surface area contributed by atoms with Gasteiger partial charge in [0.2, 0.25) is 0 Å². The smallest absolute Gasteiger partial charge is 0.408 e. The number of methoxy groups -OCH3 is 1. The minimum atomic E-state index is -0.789. The second-order valence-corrected chi connectivity index (χ2v) is 5.49. The summed E-state index contributed by atoms with van der Waals surface area (Å²) in [6.45, 7) is 5.15. The Hall–Kier alpha value is -2.11. The number of nitrogens with one attached hydrogen (secondary N) is 1. The molecule has 21 heavy (non-hydrogen) atoms. The van der Waals surface area contributed by atoms with Crippen LogP contribution in [-0.4, -0.2) is 25.1 Å². The molecule has 0 radical (unpaired) electrons. The van der Waals surface area contributed by atoms with E-state index in [9.17, 15) is 14.0 Å². The third-order valence-electron chi connectivity index (χ3n) is 2.61. The van der Waals surface area contributed by atoms with E-state index in [4.69, 9.17) is 9.47 Å². The molecule has 0 aliphatic rings. The van der Waals surface area contributed by atoms with Crippen molar-refractivity contribution >= 4 is 12.4 Å². The van der Waals surface area contributed by atoms with Gasteiger partial charge in [-0.1, -0.05) is 6.07 Å². The molecule has 5 nitrogen and oxygen atoms in total. The molecule has 1 aromatic carbocycles. The minimum Gasteiger partial charge on any atom is -0.497 e. The van der Waals surface area contributed by atoms with Crippen LogP contribution in [0.1, 0.15) is 38.8 Å². The fourth-order valence-electron chi connectivity index (χ4n) is 1.73. The fourth-order valence-corrected chi connectivity index (χ4v) is 1.73. The normalized spacial score (nSPS) is 12.4. The molecule has 1 aromatic rings. The lowest BCUT2D eigenvalue weighted by Crippen LogP contribution is -2.35. The van der Waals surface area contributed by atoms with Crippen molar-refractivity contribution in [3.05, 3.63) is 29.6 Å². The number of carbonyl (C=O) groups is 2. The number of hydrogen-bond acceptors (Lipinski definition) is 4. The highest BCUT2D eigenvalue weighted by Gasteiger charge is 2.22. The average molecular weight is 297 g/mol. The van der Waals surface area contributed by atoms with E-state index in [1.807, 2.05) is 0 Å². The SMILES string of the molecule is COc1ccc([C@@H](CC=O)NC(=O)OC(C)(C)C)c(F)c1. The zero-order valence-corrected chi connectivity index (χ0v) is 12.6. The molecule has 0 aromatic heterocycles. The van der Waals surface area contributed by atoms with Gasteiger partial charge in [-0.15, -0.1) is 0 Å². The van der Waals surface area contributed by atoms with Gasteiger partial charge in [0.25, 0.3) is 0 Å². The zero-order chi connectivity index (χ0) is 16.0. The van der Waals surface area contributed by atoms with Crippen molar-refractivity contribution < 1.29 is 23.5 Å². The van der Waals surface area contributed by atoms with Gasteiger partial charge >= 0.3 is 6.09 Å². The summed E-state index contributed by atoms with van der Waals surface area (Å²) in [6.07, 6.45) is -0.140. The number of hydrogen-bond donors (Lipinski definition) is 1. The van der Waals surface area contributed by atoms with Crippen LogP contribution in [0.15, 0.2) is 18.2 Å². The van der Waals surface area contributed by atoms with E-state index in [-0.39, 0.29) is 12.0 Å². The highest BCUT2D eigenvalue weighted by atomic mass is 19.1. The number of benzene rings is 1. The molecule has 0 spiro atoms. The van der Waals surface area contributed by atoms with Crippen molar-refractivity contribution in [3.8, 4) is 5.75 Å². The van der Waals surface area contributed by atoms with Crippen LogP contribution in [0.2, 0.25) is 0 Å². The lowest BCUT2D eigenvalue weighted by Gasteiger charge is -2.23. The van der Waals surface area contributed by atoms with Crippen LogP contribution in [0.3, 0.4) is 0 Å². The van der Waals surface area contributed by atoms with E-state index in [2.05, 4.69) is 5.32 Å². The van der Waals surface area contributed by atoms with Crippen LogP contribution in [0.25, 0.3) is 0 Å². The van der Waals surface area contributed by atoms with Crippen LogP contribution in [-0.2, 0) is 9.53 Å². The fraction of sp³-hybridized carbons (Fsp3) is 0.467. The van der Waals surface area contributed by atoms with Gasteiger partial charge in [0.05, 0.1) is 13.2 Å². The number of alkyl carbamates (subject to hydrolysis) is 1. The van der Waals surface area contributed by atoms with Gasteiger partial charge in [-0.05, 0) is 26.8 Å². The second-order valence-electron chi connectivity index (χ2n) is 5.49. The van der Waals surface area contributed by atoms with Crippen molar-refractivity contribution in [2.24, 2.45) is 0 Å². The van der Waals surface area contributed by atoms with Gasteiger partial charge in [-0.2, -0.15) is 0 Å². The van der Waals surface area contributed by atoms with E-state index < -0.39 is 23.6 Å². The highest BCUT2D eigenvalue weighted by molar-refractivity contribution is 5.69. The standard InChI is InChI=1S/C15H20FNO4/c1-15(2,3)21-14(19)17-13(7-8-18)11-6-5-10(20-4)9-12(11)16/h5-6,8-9,13H,7H2,1-4H3,(H,17,19)/t13-/m1/s1. The Morgan fingerprint density at radius 1 is 1.43 bits per heavy atom. The Morgan fingerprint density at radius 2 is 2.10 bits per heavy atom. The van der Waals surface area contributed by atoms with Gasteiger partial charge in [-0.3, -0.25) is 0 Å². The Kier molecular flexibility index (Phi) is 5.69. The number of aldehydes is 1. The van der Waals surface area contributed by atoms with E-state index in [0.29, 0.717) is 12.0 Å². The zero-order valence-electron chi connectivity index (χ0n) is 12.6. The van der Waals surface area contributed by atoms with Crippen LogP contribution in [0.5, 0.6) is 5.75 Å². The predicted molar refractivity (Wildman–Crippen MR) is 75.7 cm³/mol. The van der Waals surface area contributed by atoms with Gasteiger partial charge in [0, 0.05) is 18.1 Å². The first-order valence-electron chi connectivity index (χ1n) is 6.53. The van der Waals surface area contributed by atoms with Crippen molar-refractivity contribution in [2.75, 3.05) is 7.11 Å². The summed E-state index contributed by atoms with van der Waals surface area (Å²) in [5.41, 5.74) is -0.470. The molecule has 0 heterocycles. The van der Waals surface area contributed by atoms with E-state index in [1.165, 1.54) is 19.2 Å². The lowest BCUT2D eigenvalue weighted by molar-refractivity contribution is -0.108. The second kappa shape index (κ2) is 7.06. The Bertz CT molecular complexity index is 511. The van der Waals surface area contributed by atoms with E-state index in [0.717, 1.165) is 0 Å². The van der Waals surface area contributed by atoms with Gasteiger partial charge < -0.3 is 19.6 Å². The predicted octanol–water partition coefficient (Wildman–Crippen LogP) is 2.99. The Morgan fingerprint density at radius 3 is 2.57 bits per heavy atom. The molecule has 0 fully saturated rings. The van der Waals surface area contributed by atoms with Crippen molar-refractivity contribution in [3.63, 3.8) is 0 Å². The summed E-state index contributed by atoms with van der Waals surface area (Å²) < 4.78 is 24.0. The third-order valence-corrected chi connectivity index (χ3v) is 2.61. The van der Waals surface area contributed by atoms with Crippen LogP contribution >= 0.6 is 0 Å². The molecule has 1 amide bonds. The molecule has 0 aliphatic heterocycles. The van der Waals surface area contributed by atoms with Crippen LogP contribution in [0, 0.1) is 5.82 Å². The number of ether oxygens (including phenoxy) is 2. The summed E-state index contributed by atoms with van der Waals surface area (Å²) >= 11 is 0. The number of halogens is 1. The van der Waals surface area contributed by atoms with Crippen LogP contribution < -0.4 is 10.1 Å². The van der Waals surface area contributed by atoms with Crippen LogP contribution in [0.4, 0.5) is 9.18 Å². The molecule has 0 saturated heterocycles. The molecule has 0 bridgehead atoms. The maximum Gasteiger partial charge on any atom is 0.408 e. The summed E-state index contributed by atoms with van der Waals surface area (Å²) in [6, 6.07) is 3.44. The largest absolute Gasteiger partial charge is 0.497 e. The molecule has 1 N–H and O–H groups in total. The number of amides is 1. The molecule has 116 valence electrons. The van der Waals surface area contributed by atoms with Gasteiger partial charge in [-0.25, -0.2) is 9.18 Å². The molecular weight excluding hydrogens is 277 g/mol. The van der Waals surface area contributed by atoms with Gasteiger partial charge in [0.1, 0.15) is 23.5 Å². The molecule has 1 rings (SSSR count). The molecule has 6 heteroatoms. The van der Waals surface area contributed by atoms with Gasteiger partial charge in [0.15, 0.2) is 0 Å². The molecule has 0 aliphatic carbocycles. The summed E-state index contributed by atoms with van der Waals surface area (Å²) in [7, 11) is 1.43. The molecular formula is C15H20FNO4. The molecule has 1 atom stereocenters. The summed E-state index contributed by atoms with van der Waals surface area (Å²) in [5.74, 6) is -0.198.